The van der Waals surface area contributed by atoms with Crippen LogP contribution in [0.5, 0.6) is 0 Å². The molecule has 0 radical (unpaired) electrons. The highest BCUT2D eigenvalue weighted by Crippen LogP contribution is 2.26. The van der Waals surface area contributed by atoms with Crippen molar-refractivity contribution in [2.24, 2.45) is 5.92 Å². The van der Waals surface area contributed by atoms with Gasteiger partial charge in [0.05, 0.1) is 0 Å². The molecule has 1 aliphatic rings. The standard InChI is InChI=1S/C23H27N5O2/c1-16(2)14-19(28-15-17-8-3-4-9-18(17)23(28)30)22(29)24-12-7-11-21-26-25-20-10-5-6-13-27(20)21/h3-6,8-10,13,16,19H,7,11-12,14-15H2,1-2H3,(H,24,29)/t19-/m0/s1. The molecule has 1 N–H and O–H groups in total. The second-order valence-electron chi connectivity index (χ2n) is 8.18. The summed E-state index contributed by atoms with van der Waals surface area (Å²) in [6.45, 7) is 5.17. The Balaban J connectivity index is 1.36. The Bertz CT molecular complexity index is 1060. The lowest BCUT2D eigenvalue weighted by atomic mass is 10.0. The lowest BCUT2D eigenvalue weighted by Crippen LogP contribution is -2.48. The highest BCUT2D eigenvalue weighted by Gasteiger charge is 2.36. The minimum Gasteiger partial charge on any atom is -0.354 e. The maximum Gasteiger partial charge on any atom is 0.255 e. The number of amides is 2. The van der Waals surface area contributed by atoms with E-state index in [1.54, 1.807) is 4.90 Å². The van der Waals surface area contributed by atoms with Crippen molar-refractivity contribution in [2.45, 2.75) is 45.7 Å². The third-order valence-electron chi connectivity index (χ3n) is 5.48. The normalized spacial score (nSPS) is 14.4. The fourth-order valence-electron chi connectivity index (χ4n) is 3.99. The second-order valence-corrected chi connectivity index (χ2v) is 8.18. The van der Waals surface area contributed by atoms with Gasteiger partial charge >= 0.3 is 0 Å². The van der Waals surface area contributed by atoms with Crippen molar-refractivity contribution < 1.29 is 9.59 Å². The van der Waals surface area contributed by atoms with E-state index in [0.29, 0.717) is 37.4 Å². The van der Waals surface area contributed by atoms with Gasteiger partial charge in [0, 0.05) is 31.3 Å². The van der Waals surface area contributed by atoms with Gasteiger partial charge in [-0.05, 0) is 42.5 Å². The quantitative estimate of drug-likeness (QED) is 0.585. The van der Waals surface area contributed by atoms with E-state index >= 15 is 0 Å². The molecule has 0 bridgehead atoms. The van der Waals surface area contributed by atoms with Gasteiger partial charge in [0.1, 0.15) is 11.9 Å². The predicted molar refractivity (Wildman–Crippen MR) is 114 cm³/mol. The summed E-state index contributed by atoms with van der Waals surface area (Å²) >= 11 is 0. The molecule has 1 aromatic carbocycles. The monoisotopic (exact) mass is 405 g/mol. The number of aryl methyl sites for hydroxylation is 1. The summed E-state index contributed by atoms with van der Waals surface area (Å²) in [4.78, 5) is 27.6. The molecule has 0 unspecified atom stereocenters. The van der Waals surface area contributed by atoms with E-state index in [-0.39, 0.29) is 11.8 Å². The van der Waals surface area contributed by atoms with Gasteiger partial charge in [-0.15, -0.1) is 10.2 Å². The molecule has 4 rings (SSSR count). The van der Waals surface area contributed by atoms with Crippen molar-refractivity contribution in [1.82, 2.24) is 24.8 Å². The molecule has 0 fully saturated rings. The number of rotatable bonds is 8. The molecule has 3 heterocycles. The Morgan fingerprint density at radius 2 is 1.93 bits per heavy atom. The first-order valence-electron chi connectivity index (χ1n) is 10.5. The van der Waals surface area contributed by atoms with E-state index in [4.69, 9.17) is 0 Å². The Kier molecular flexibility index (Phi) is 5.79. The SMILES string of the molecule is CC(C)C[C@@H](C(=O)NCCCc1nnc2ccccn12)N1Cc2ccccc2C1=O. The summed E-state index contributed by atoms with van der Waals surface area (Å²) in [5, 5.41) is 11.4. The Morgan fingerprint density at radius 1 is 1.13 bits per heavy atom. The summed E-state index contributed by atoms with van der Waals surface area (Å²) in [6, 6.07) is 12.9. The van der Waals surface area contributed by atoms with Crippen LogP contribution in [0.2, 0.25) is 0 Å². The number of fused-ring (bicyclic) bond motifs is 2. The molecule has 0 spiro atoms. The van der Waals surface area contributed by atoms with E-state index in [2.05, 4.69) is 29.4 Å². The molecule has 0 saturated carbocycles. The summed E-state index contributed by atoms with van der Waals surface area (Å²) in [5.74, 6) is 1.04. The molecule has 7 heteroatoms. The van der Waals surface area contributed by atoms with Crippen molar-refractivity contribution in [1.29, 1.82) is 0 Å². The lowest BCUT2D eigenvalue weighted by molar-refractivity contribution is -0.126. The van der Waals surface area contributed by atoms with Gasteiger partial charge in [-0.2, -0.15) is 0 Å². The molecule has 1 aliphatic heterocycles. The summed E-state index contributed by atoms with van der Waals surface area (Å²) in [7, 11) is 0. The highest BCUT2D eigenvalue weighted by molar-refractivity contribution is 6.01. The highest BCUT2D eigenvalue weighted by atomic mass is 16.2. The van der Waals surface area contributed by atoms with E-state index in [9.17, 15) is 9.59 Å². The molecule has 1 atom stereocenters. The number of carbonyl (C=O) groups is 2. The molecule has 0 aliphatic carbocycles. The van der Waals surface area contributed by atoms with Gasteiger partial charge in [-0.3, -0.25) is 14.0 Å². The van der Waals surface area contributed by atoms with Crippen LogP contribution in [0.25, 0.3) is 5.65 Å². The Hall–Kier alpha value is -3.22. The van der Waals surface area contributed by atoms with Crippen molar-refractivity contribution >= 4 is 17.5 Å². The molecule has 2 aromatic heterocycles. The number of pyridine rings is 1. The molecule has 2 amide bonds. The second kappa shape index (κ2) is 8.65. The van der Waals surface area contributed by atoms with Crippen LogP contribution in [0.1, 0.15) is 48.4 Å². The number of nitrogens with zero attached hydrogens (tertiary/aromatic N) is 4. The maximum absolute atomic E-state index is 13.0. The number of nitrogens with one attached hydrogen (secondary N) is 1. The number of hydrogen-bond acceptors (Lipinski definition) is 4. The van der Waals surface area contributed by atoms with Crippen molar-refractivity contribution in [3.63, 3.8) is 0 Å². The number of carbonyl (C=O) groups excluding carboxylic acids is 2. The molecule has 7 nitrogen and oxygen atoms in total. The topological polar surface area (TPSA) is 79.6 Å². The predicted octanol–water partition coefficient (Wildman–Crippen LogP) is 2.85. The van der Waals surface area contributed by atoms with Crippen LogP contribution in [0.4, 0.5) is 0 Å². The molecule has 0 saturated heterocycles. The lowest BCUT2D eigenvalue weighted by Gasteiger charge is -2.28. The Morgan fingerprint density at radius 3 is 2.73 bits per heavy atom. The molecule has 3 aromatic rings. The van der Waals surface area contributed by atoms with Gasteiger partial charge in [-0.1, -0.05) is 38.1 Å². The van der Waals surface area contributed by atoms with Gasteiger partial charge in [-0.25, -0.2) is 0 Å². The molecular weight excluding hydrogens is 378 g/mol. The largest absolute Gasteiger partial charge is 0.354 e. The number of aromatic nitrogens is 3. The van der Waals surface area contributed by atoms with Gasteiger partial charge < -0.3 is 10.2 Å². The van der Waals surface area contributed by atoms with Crippen LogP contribution < -0.4 is 5.32 Å². The number of benzene rings is 1. The van der Waals surface area contributed by atoms with Crippen LogP contribution in [0.15, 0.2) is 48.7 Å². The third-order valence-corrected chi connectivity index (χ3v) is 5.48. The molecular formula is C23H27N5O2. The van der Waals surface area contributed by atoms with Gasteiger partial charge in [0.25, 0.3) is 5.91 Å². The van der Waals surface area contributed by atoms with Crippen LogP contribution in [-0.4, -0.2) is 43.9 Å². The van der Waals surface area contributed by atoms with Gasteiger partial charge in [0.2, 0.25) is 5.91 Å². The van der Waals surface area contributed by atoms with E-state index in [1.165, 1.54) is 0 Å². The average Bonchev–Trinajstić information content (AvgIpc) is 3.30. The van der Waals surface area contributed by atoms with Crippen LogP contribution >= 0.6 is 0 Å². The summed E-state index contributed by atoms with van der Waals surface area (Å²) in [6.07, 6.45) is 4.05. The smallest absolute Gasteiger partial charge is 0.255 e. The first kappa shape index (κ1) is 20.1. The van der Waals surface area contributed by atoms with Crippen molar-refractivity contribution in [3.05, 3.63) is 65.6 Å². The zero-order valence-corrected chi connectivity index (χ0v) is 17.4. The van der Waals surface area contributed by atoms with E-state index in [1.807, 2.05) is 53.1 Å². The molecule has 156 valence electrons. The minimum atomic E-state index is -0.459. The first-order valence-corrected chi connectivity index (χ1v) is 10.5. The van der Waals surface area contributed by atoms with Crippen LogP contribution in [-0.2, 0) is 17.8 Å². The fraction of sp³-hybridized carbons (Fsp3) is 0.391. The third kappa shape index (κ3) is 4.06. The van der Waals surface area contributed by atoms with Crippen LogP contribution in [0.3, 0.4) is 0 Å². The fourth-order valence-corrected chi connectivity index (χ4v) is 3.99. The van der Waals surface area contributed by atoms with E-state index < -0.39 is 6.04 Å². The summed E-state index contributed by atoms with van der Waals surface area (Å²) in [5.41, 5.74) is 2.51. The minimum absolute atomic E-state index is 0.0543. The number of hydrogen-bond donors (Lipinski definition) is 1. The summed E-state index contributed by atoms with van der Waals surface area (Å²) < 4.78 is 1.96. The van der Waals surface area contributed by atoms with Gasteiger partial charge in [0.15, 0.2) is 5.65 Å². The zero-order valence-electron chi connectivity index (χ0n) is 17.4. The zero-order chi connectivity index (χ0) is 21.1. The molecule has 30 heavy (non-hydrogen) atoms. The van der Waals surface area contributed by atoms with Crippen molar-refractivity contribution in [2.75, 3.05) is 6.54 Å². The van der Waals surface area contributed by atoms with E-state index in [0.717, 1.165) is 23.5 Å². The maximum atomic E-state index is 13.0. The first-order chi connectivity index (χ1) is 14.5. The Labute approximate surface area is 176 Å². The van der Waals surface area contributed by atoms with Crippen LogP contribution in [0, 0.1) is 5.92 Å². The van der Waals surface area contributed by atoms with Crippen molar-refractivity contribution in [3.8, 4) is 0 Å². The average molecular weight is 406 g/mol.